The van der Waals surface area contributed by atoms with E-state index in [1.54, 1.807) is 0 Å². The molecule has 0 spiro atoms. The van der Waals surface area contributed by atoms with E-state index in [0.717, 1.165) is 25.0 Å². The van der Waals surface area contributed by atoms with E-state index in [9.17, 15) is 0 Å². The lowest BCUT2D eigenvalue weighted by Crippen LogP contribution is -2.45. The van der Waals surface area contributed by atoms with Crippen molar-refractivity contribution >= 4 is 5.96 Å². The summed E-state index contributed by atoms with van der Waals surface area (Å²) < 4.78 is 0. The van der Waals surface area contributed by atoms with Crippen LogP contribution in [0.4, 0.5) is 0 Å². The molecular formula is C12H26N4. The second-order valence-electron chi connectivity index (χ2n) is 5.64. The number of nitrogens with zero attached hydrogens (tertiary/aromatic N) is 1. The van der Waals surface area contributed by atoms with Crippen LogP contribution in [0.3, 0.4) is 0 Å². The highest BCUT2D eigenvalue weighted by molar-refractivity contribution is 5.80. The van der Waals surface area contributed by atoms with Crippen molar-refractivity contribution < 1.29 is 0 Å². The minimum atomic E-state index is 0.184. The first-order chi connectivity index (χ1) is 7.42. The third kappa shape index (κ3) is 5.35. The molecule has 1 fully saturated rings. The quantitative estimate of drug-likeness (QED) is 0.380. The molecule has 4 nitrogen and oxygen atoms in total. The van der Waals surface area contributed by atoms with Gasteiger partial charge in [-0.1, -0.05) is 6.92 Å². The fourth-order valence-electron chi connectivity index (χ4n) is 1.51. The van der Waals surface area contributed by atoms with E-state index < -0.39 is 0 Å². The smallest absolute Gasteiger partial charge is 0.191 e. The van der Waals surface area contributed by atoms with E-state index >= 15 is 0 Å². The zero-order chi connectivity index (χ0) is 12.2. The normalized spacial score (nSPS) is 25.4. The van der Waals surface area contributed by atoms with Crippen LogP contribution >= 0.6 is 0 Å². The van der Waals surface area contributed by atoms with Crippen LogP contribution in [-0.4, -0.2) is 37.7 Å². The van der Waals surface area contributed by atoms with Crippen LogP contribution in [-0.2, 0) is 0 Å². The Kier molecular flexibility index (Phi) is 4.59. The van der Waals surface area contributed by atoms with Gasteiger partial charge in [0, 0.05) is 31.7 Å². The average molecular weight is 226 g/mol. The Morgan fingerprint density at radius 3 is 2.38 bits per heavy atom. The van der Waals surface area contributed by atoms with Crippen LogP contribution in [0.25, 0.3) is 0 Å². The Labute approximate surface area is 99.3 Å². The van der Waals surface area contributed by atoms with E-state index in [1.165, 1.54) is 6.42 Å². The summed E-state index contributed by atoms with van der Waals surface area (Å²) in [4.78, 5) is 4.20. The number of guanidine groups is 1. The van der Waals surface area contributed by atoms with E-state index in [-0.39, 0.29) is 5.54 Å². The topological polar surface area (TPSA) is 48.5 Å². The lowest BCUT2D eigenvalue weighted by molar-refractivity contribution is 0.428. The zero-order valence-corrected chi connectivity index (χ0v) is 11.2. The highest BCUT2D eigenvalue weighted by atomic mass is 15.2. The van der Waals surface area contributed by atoms with Crippen LogP contribution < -0.4 is 16.0 Å². The summed E-state index contributed by atoms with van der Waals surface area (Å²) in [6, 6.07) is 0.627. The molecule has 0 aliphatic heterocycles. The molecule has 94 valence electrons. The average Bonchev–Trinajstić information content (AvgIpc) is 2.85. The summed E-state index contributed by atoms with van der Waals surface area (Å²) in [6.45, 7) is 10.6. The van der Waals surface area contributed by atoms with Crippen molar-refractivity contribution in [1.29, 1.82) is 0 Å². The van der Waals surface area contributed by atoms with Gasteiger partial charge in [0.1, 0.15) is 0 Å². The Morgan fingerprint density at radius 1 is 1.31 bits per heavy atom. The largest absolute Gasteiger partial charge is 0.355 e. The maximum atomic E-state index is 4.20. The molecule has 1 saturated carbocycles. The number of rotatable bonds is 4. The van der Waals surface area contributed by atoms with Crippen molar-refractivity contribution in [3.8, 4) is 0 Å². The Hall–Kier alpha value is -0.770. The fraction of sp³-hybridized carbons (Fsp3) is 0.917. The highest BCUT2D eigenvalue weighted by Gasteiger charge is 2.33. The number of nitrogens with one attached hydrogen (secondary N) is 3. The maximum Gasteiger partial charge on any atom is 0.191 e. The monoisotopic (exact) mass is 226 g/mol. The molecule has 2 atom stereocenters. The van der Waals surface area contributed by atoms with Crippen molar-refractivity contribution in [3.05, 3.63) is 0 Å². The number of aliphatic imine (C=N–C) groups is 1. The standard InChI is InChI=1S/C12H26N4/c1-9-8-10(9)16-11(13-5)14-6-7-15-12(2,3)4/h9-10,15H,6-8H2,1-5H3,(H2,13,14,16). The molecule has 1 aliphatic rings. The molecule has 0 heterocycles. The predicted molar refractivity (Wildman–Crippen MR) is 69.8 cm³/mol. The first-order valence-corrected chi connectivity index (χ1v) is 6.14. The van der Waals surface area contributed by atoms with Gasteiger partial charge in [-0.2, -0.15) is 0 Å². The Morgan fingerprint density at radius 2 is 1.94 bits per heavy atom. The second-order valence-corrected chi connectivity index (χ2v) is 5.64. The Balaban J connectivity index is 2.10. The zero-order valence-electron chi connectivity index (χ0n) is 11.2. The molecule has 1 rings (SSSR count). The molecular weight excluding hydrogens is 200 g/mol. The SMILES string of the molecule is CN=C(NCCNC(C)(C)C)NC1CC1C. The molecule has 1 aliphatic carbocycles. The van der Waals surface area contributed by atoms with Crippen molar-refractivity contribution in [1.82, 2.24) is 16.0 Å². The first-order valence-electron chi connectivity index (χ1n) is 6.14. The summed E-state index contributed by atoms with van der Waals surface area (Å²) in [5, 5.41) is 10.1. The third-order valence-electron chi connectivity index (χ3n) is 2.73. The van der Waals surface area contributed by atoms with Crippen molar-refractivity contribution in [3.63, 3.8) is 0 Å². The molecule has 4 heteroatoms. The molecule has 0 bridgehead atoms. The third-order valence-corrected chi connectivity index (χ3v) is 2.73. The van der Waals surface area contributed by atoms with E-state index in [1.807, 2.05) is 7.05 Å². The van der Waals surface area contributed by atoms with Crippen molar-refractivity contribution in [2.24, 2.45) is 10.9 Å². The van der Waals surface area contributed by atoms with E-state index in [4.69, 9.17) is 0 Å². The molecule has 0 saturated heterocycles. The summed E-state index contributed by atoms with van der Waals surface area (Å²) in [5.41, 5.74) is 0.184. The molecule has 0 aromatic rings. The summed E-state index contributed by atoms with van der Waals surface area (Å²) >= 11 is 0. The molecule has 16 heavy (non-hydrogen) atoms. The van der Waals surface area contributed by atoms with Crippen LogP contribution in [0.2, 0.25) is 0 Å². The molecule has 0 aromatic carbocycles. The molecule has 2 unspecified atom stereocenters. The van der Waals surface area contributed by atoms with Gasteiger partial charge in [-0.15, -0.1) is 0 Å². The summed E-state index contributed by atoms with van der Waals surface area (Å²) in [5.74, 6) is 1.72. The van der Waals surface area contributed by atoms with Crippen LogP contribution in [0.5, 0.6) is 0 Å². The minimum absolute atomic E-state index is 0.184. The van der Waals surface area contributed by atoms with Crippen LogP contribution in [0.1, 0.15) is 34.1 Å². The van der Waals surface area contributed by atoms with Crippen molar-refractivity contribution in [2.45, 2.75) is 45.7 Å². The van der Waals surface area contributed by atoms with E-state index in [2.05, 4.69) is 48.6 Å². The highest BCUT2D eigenvalue weighted by Crippen LogP contribution is 2.28. The van der Waals surface area contributed by atoms with Gasteiger partial charge in [-0.05, 0) is 33.1 Å². The van der Waals surface area contributed by atoms with Gasteiger partial charge in [0.15, 0.2) is 5.96 Å². The van der Waals surface area contributed by atoms with Gasteiger partial charge < -0.3 is 16.0 Å². The molecule has 0 amide bonds. The summed E-state index contributed by atoms with van der Waals surface area (Å²) in [6.07, 6.45) is 1.26. The van der Waals surface area contributed by atoms with Crippen LogP contribution in [0, 0.1) is 5.92 Å². The first kappa shape index (κ1) is 13.3. The second kappa shape index (κ2) is 5.53. The van der Waals surface area contributed by atoms with Crippen LogP contribution in [0.15, 0.2) is 4.99 Å². The van der Waals surface area contributed by atoms with Gasteiger partial charge in [0.2, 0.25) is 0 Å². The lowest BCUT2D eigenvalue weighted by Gasteiger charge is -2.21. The van der Waals surface area contributed by atoms with Gasteiger partial charge >= 0.3 is 0 Å². The maximum absolute atomic E-state index is 4.20. The van der Waals surface area contributed by atoms with Gasteiger partial charge in [-0.25, -0.2) is 0 Å². The fourth-order valence-corrected chi connectivity index (χ4v) is 1.51. The number of hydrogen-bond acceptors (Lipinski definition) is 2. The molecule has 3 N–H and O–H groups in total. The molecule has 0 aromatic heterocycles. The van der Waals surface area contributed by atoms with Gasteiger partial charge in [0.25, 0.3) is 0 Å². The van der Waals surface area contributed by atoms with Gasteiger partial charge in [0.05, 0.1) is 0 Å². The number of hydrogen-bond donors (Lipinski definition) is 3. The minimum Gasteiger partial charge on any atom is -0.355 e. The van der Waals surface area contributed by atoms with E-state index in [0.29, 0.717) is 6.04 Å². The predicted octanol–water partition coefficient (Wildman–Crippen LogP) is 0.948. The summed E-state index contributed by atoms with van der Waals surface area (Å²) in [7, 11) is 1.82. The van der Waals surface area contributed by atoms with Gasteiger partial charge in [-0.3, -0.25) is 4.99 Å². The lowest BCUT2D eigenvalue weighted by atomic mass is 10.1. The molecule has 0 radical (unpaired) electrons. The Bertz CT molecular complexity index is 242. The van der Waals surface area contributed by atoms with Crippen molar-refractivity contribution in [2.75, 3.05) is 20.1 Å².